The summed E-state index contributed by atoms with van der Waals surface area (Å²) in [6.45, 7) is 1.65. The zero-order valence-electron chi connectivity index (χ0n) is 8.90. The van der Waals surface area contributed by atoms with Crippen LogP contribution in [0, 0.1) is 5.41 Å². The smallest absolute Gasteiger partial charge is 0.0465 e. The molecule has 1 aromatic rings. The first kappa shape index (κ1) is 12.5. The number of rotatable bonds is 5. The summed E-state index contributed by atoms with van der Waals surface area (Å²) in [5.41, 5.74) is 1.30. The van der Waals surface area contributed by atoms with Gasteiger partial charge in [-0.25, -0.2) is 0 Å². The fourth-order valence-corrected chi connectivity index (χ4v) is 2.58. The van der Waals surface area contributed by atoms with Gasteiger partial charge in [0.15, 0.2) is 0 Å². The van der Waals surface area contributed by atoms with Gasteiger partial charge in [-0.2, -0.15) is 0 Å². The van der Waals surface area contributed by atoms with Crippen molar-refractivity contribution in [2.24, 2.45) is 5.41 Å². The van der Waals surface area contributed by atoms with Crippen molar-refractivity contribution >= 4 is 34.8 Å². The first-order valence-electron chi connectivity index (χ1n) is 5.36. The lowest BCUT2D eigenvalue weighted by atomic mass is 10.1. The normalized spacial score (nSPS) is 17.4. The average molecular weight is 279 g/mol. The third-order valence-electron chi connectivity index (χ3n) is 3.10. The highest BCUT2D eigenvalue weighted by atomic mass is 35.5. The van der Waals surface area contributed by atoms with Crippen LogP contribution in [0.25, 0.3) is 0 Å². The fraction of sp³-hybridized carbons (Fsp3) is 0.500. The van der Waals surface area contributed by atoms with Crippen molar-refractivity contribution in [2.45, 2.75) is 19.4 Å². The van der Waals surface area contributed by atoms with Crippen molar-refractivity contribution in [3.8, 4) is 0 Å². The molecular formula is C12H14Cl3N. The standard InChI is InChI=1S/C12H14Cl3N/c13-7-12(4-5-12)8-16-6-9-10(14)2-1-3-11(9)15/h1-3,16H,4-8H2. The molecule has 0 atom stereocenters. The maximum absolute atomic E-state index is 6.08. The highest BCUT2D eigenvalue weighted by Gasteiger charge is 2.41. The van der Waals surface area contributed by atoms with Crippen LogP contribution in [-0.2, 0) is 6.54 Å². The molecule has 16 heavy (non-hydrogen) atoms. The highest BCUT2D eigenvalue weighted by Crippen LogP contribution is 2.45. The van der Waals surface area contributed by atoms with Crippen molar-refractivity contribution in [1.82, 2.24) is 5.32 Å². The lowest BCUT2D eigenvalue weighted by molar-refractivity contribution is 0.505. The Morgan fingerprint density at radius 1 is 1.19 bits per heavy atom. The molecule has 0 bridgehead atoms. The van der Waals surface area contributed by atoms with Crippen LogP contribution in [-0.4, -0.2) is 12.4 Å². The van der Waals surface area contributed by atoms with E-state index in [-0.39, 0.29) is 0 Å². The second kappa shape index (κ2) is 5.14. The lowest BCUT2D eigenvalue weighted by Gasteiger charge is -2.13. The molecule has 0 aliphatic heterocycles. The molecular weight excluding hydrogens is 264 g/mol. The van der Waals surface area contributed by atoms with Crippen molar-refractivity contribution in [1.29, 1.82) is 0 Å². The molecule has 0 saturated heterocycles. The van der Waals surface area contributed by atoms with Gasteiger partial charge >= 0.3 is 0 Å². The Morgan fingerprint density at radius 3 is 2.31 bits per heavy atom. The molecule has 0 radical (unpaired) electrons. The van der Waals surface area contributed by atoms with E-state index < -0.39 is 0 Å². The Labute approximate surface area is 111 Å². The molecule has 0 spiro atoms. The Balaban J connectivity index is 1.90. The van der Waals surface area contributed by atoms with E-state index in [0.29, 0.717) is 12.0 Å². The van der Waals surface area contributed by atoms with E-state index in [4.69, 9.17) is 34.8 Å². The van der Waals surface area contributed by atoms with Crippen LogP contribution in [0.15, 0.2) is 18.2 Å². The predicted octanol–water partition coefficient (Wildman–Crippen LogP) is 4.10. The molecule has 1 fully saturated rings. The molecule has 88 valence electrons. The zero-order valence-corrected chi connectivity index (χ0v) is 11.2. The van der Waals surface area contributed by atoms with Crippen LogP contribution in [0.5, 0.6) is 0 Å². The van der Waals surface area contributed by atoms with E-state index >= 15 is 0 Å². The van der Waals surface area contributed by atoms with E-state index in [1.165, 1.54) is 12.8 Å². The van der Waals surface area contributed by atoms with Crippen LogP contribution in [0.2, 0.25) is 10.0 Å². The summed E-state index contributed by atoms with van der Waals surface area (Å²) >= 11 is 18.1. The maximum Gasteiger partial charge on any atom is 0.0465 e. The minimum Gasteiger partial charge on any atom is -0.312 e. The zero-order chi connectivity index (χ0) is 11.6. The number of hydrogen-bond donors (Lipinski definition) is 1. The minimum absolute atomic E-state index is 0.329. The third kappa shape index (κ3) is 2.84. The van der Waals surface area contributed by atoms with Gasteiger partial charge in [-0.15, -0.1) is 11.6 Å². The molecule has 2 rings (SSSR count). The number of alkyl halides is 1. The molecule has 1 nitrogen and oxygen atoms in total. The minimum atomic E-state index is 0.329. The van der Waals surface area contributed by atoms with Crippen LogP contribution >= 0.6 is 34.8 Å². The molecule has 1 N–H and O–H groups in total. The van der Waals surface area contributed by atoms with Crippen LogP contribution in [0.3, 0.4) is 0 Å². The Hall–Kier alpha value is 0.0500. The second-order valence-electron chi connectivity index (χ2n) is 4.44. The lowest BCUT2D eigenvalue weighted by Crippen LogP contribution is -2.24. The molecule has 1 aromatic carbocycles. The van der Waals surface area contributed by atoms with Gasteiger partial charge in [-0.1, -0.05) is 29.3 Å². The Morgan fingerprint density at radius 2 is 1.81 bits per heavy atom. The van der Waals surface area contributed by atoms with Crippen LogP contribution < -0.4 is 5.32 Å². The van der Waals surface area contributed by atoms with Gasteiger partial charge in [-0.05, 0) is 30.4 Å². The van der Waals surface area contributed by atoms with Gasteiger partial charge in [0.1, 0.15) is 0 Å². The SMILES string of the molecule is ClCC1(CNCc2c(Cl)cccc2Cl)CC1. The summed E-state index contributed by atoms with van der Waals surface area (Å²) < 4.78 is 0. The molecule has 1 aliphatic rings. The summed E-state index contributed by atoms with van der Waals surface area (Å²) in [5, 5.41) is 4.82. The fourth-order valence-electron chi connectivity index (χ4n) is 1.69. The molecule has 1 aliphatic carbocycles. The quantitative estimate of drug-likeness (QED) is 0.800. The summed E-state index contributed by atoms with van der Waals surface area (Å²) in [5.74, 6) is 0.732. The van der Waals surface area contributed by atoms with Crippen molar-refractivity contribution in [3.05, 3.63) is 33.8 Å². The Bertz CT molecular complexity index is 354. The van der Waals surface area contributed by atoms with Crippen molar-refractivity contribution in [2.75, 3.05) is 12.4 Å². The largest absolute Gasteiger partial charge is 0.312 e. The van der Waals surface area contributed by atoms with E-state index in [0.717, 1.165) is 28.0 Å². The molecule has 4 heteroatoms. The van der Waals surface area contributed by atoms with Crippen LogP contribution in [0.1, 0.15) is 18.4 Å². The summed E-state index contributed by atoms with van der Waals surface area (Å²) in [6.07, 6.45) is 2.44. The van der Waals surface area contributed by atoms with E-state index in [2.05, 4.69) is 5.32 Å². The van der Waals surface area contributed by atoms with Gasteiger partial charge in [0.25, 0.3) is 0 Å². The van der Waals surface area contributed by atoms with Gasteiger partial charge in [0.2, 0.25) is 0 Å². The summed E-state index contributed by atoms with van der Waals surface area (Å²) in [4.78, 5) is 0. The van der Waals surface area contributed by atoms with E-state index in [1.807, 2.05) is 18.2 Å². The number of hydrogen-bond acceptors (Lipinski definition) is 1. The molecule has 0 amide bonds. The summed E-state index contributed by atoms with van der Waals surface area (Å²) in [7, 11) is 0. The van der Waals surface area contributed by atoms with Crippen LogP contribution in [0.4, 0.5) is 0 Å². The monoisotopic (exact) mass is 277 g/mol. The average Bonchev–Trinajstić information content (AvgIpc) is 3.03. The Kier molecular flexibility index (Phi) is 4.01. The van der Waals surface area contributed by atoms with Crippen molar-refractivity contribution in [3.63, 3.8) is 0 Å². The predicted molar refractivity (Wildman–Crippen MR) is 70.6 cm³/mol. The topological polar surface area (TPSA) is 12.0 Å². The highest BCUT2D eigenvalue weighted by molar-refractivity contribution is 6.35. The van der Waals surface area contributed by atoms with Gasteiger partial charge in [-0.3, -0.25) is 0 Å². The molecule has 0 aromatic heterocycles. The van der Waals surface area contributed by atoms with Crippen molar-refractivity contribution < 1.29 is 0 Å². The van der Waals surface area contributed by atoms with Gasteiger partial charge in [0, 0.05) is 34.6 Å². The first-order valence-corrected chi connectivity index (χ1v) is 6.65. The number of halogens is 3. The molecule has 1 saturated carbocycles. The van der Waals surface area contributed by atoms with Gasteiger partial charge in [0.05, 0.1) is 0 Å². The van der Waals surface area contributed by atoms with Gasteiger partial charge < -0.3 is 5.32 Å². The number of benzene rings is 1. The second-order valence-corrected chi connectivity index (χ2v) is 5.52. The molecule has 0 heterocycles. The van der Waals surface area contributed by atoms with E-state index in [9.17, 15) is 0 Å². The summed E-state index contributed by atoms with van der Waals surface area (Å²) in [6, 6.07) is 5.58. The first-order chi connectivity index (χ1) is 7.67. The molecule has 0 unspecified atom stereocenters. The van der Waals surface area contributed by atoms with E-state index in [1.54, 1.807) is 0 Å². The third-order valence-corrected chi connectivity index (χ3v) is 4.38. The number of nitrogens with one attached hydrogen (secondary N) is 1. The maximum atomic E-state index is 6.08.